The molecule has 0 spiro atoms. The molecule has 2 rings (SSSR count). The van der Waals surface area contributed by atoms with E-state index in [1.165, 1.54) is 7.11 Å². The van der Waals surface area contributed by atoms with Crippen LogP contribution in [0.4, 0.5) is 5.69 Å². The number of aryl methyl sites for hydroxylation is 3. The Hall–Kier alpha value is -2.40. The van der Waals surface area contributed by atoms with Crippen molar-refractivity contribution < 1.29 is 19.4 Å². The van der Waals surface area contributed by atoms with E-state index < -0.39 is 12.1 Å². The van der Waals surface area contributed by atoms with Crippen molar-refractivity contribution in [1.82, 2.24) is 0 Å². The maximum Gasteiger partial charge on any atom is 0.306 e. The van der Waals surface area contributed by atoms with Crippen molar-refractivity contribution in [1.29, 1.82) is 0 Å². The van der Waals surface area contributed by atoms with Crippen molar-refractivity contribution in [2.24, 2.45) is 0 Å². The zero-order valence-corrected chi connectivity index (χ0v) is 15.2. The number of rotatable bonds is 5. The molecular weight excluding hydrogens is 318 g/mol. The molecule has 25 heavy (non-hydrogen) atoms. The Kier molecular flexibility index (Phi) is 6.15. The molecule has 0 fully saturated rings. The van der Waals surface area contributed by atoms with E-state index in [1.54, 1.807) is 17.1 Å². The first-order valence-corrected chi connectivity index (χ1v) is 8.36. The van der Waals surface area contributed by atoms with Gasteiger partial charge in [-0.2, -0.15) is 0 Å². The Morgan fingerprint density at radius 2 is 1.84 bits per heavy atom. The monoisotopic (exact) mass is 343 g/mol. The number of aliphatic hydroxyl groups is 1. The van der Waals surface area contributed by atoms with Gasteiger partial charge < -0.3 is 9.84 Å². The standard InChI is InChI=1S/C20H25NO4/c1-13-10-14(2)20(15(3)11-13)21(16-6-5-7-17(22)12-16)18(23)8-9-19(24)25-4/h5-7,10-11,17,22H,8-9,12H2,1-4H3. The molecule has 1 unspecified atom stereocenters. The first-order valence-electron chi connectivity index (χ1n) is 8.36. The number of carbonyl (C=O) groups excluding carboxylic acids is 2. The molecule has 1 aliphatic rings. The van der Waals surface area contributed by atoms with Gasteiger partial charge in [0.15, 0.2) is 0 Å². The van der Waals surface area contributed by atoms with Crippen LogP contribution < -0.4 is 4.90 Å². The highest BCUT2D eigenvalue weighted by molar-refractivity contribution is 5.99. The van der Waals surface area contributed by atoms with Gasteiger partial charge in [0.2, 0.25) is 5.91 Å². The molecule has 0 aliphatic heterocycles. The fourth-order valence-electron chi connectivity index (χ4n) is 3.19. The van der Waals surface area contributed by atoms with E-state index in [9.17, 15) is 14.7 Å². The minimum atomic E-state index is -0.623. The highest BCUT2D eigenvalue weighted by Crippen LogP contribution is 2.32. The van der Waals surface area contributed by atoms with E-state index in [0.29, 0.717) is 6.42 Å². The number of methoxy groups -OCH3 is 1. The Bertz CT molecular complexity index is 710. The normalized spacial score (nSPS) is 16.4. The third kappa shape index (κ3) is 4.57. The highest BCUT2D eigenvalue weighted by Gasteiger charge is 2.26. The topological polar surface area (TPSA) is 66.8 Å². The second-order valence-corrected chi connectivity index (χ2v) is 6.37. The lowest BCUT2D eigenvalue weighted by molar-refractivity contribution is -0.141. The maximum atomic E-state index is 12.9. The smallest absolute Gasteiger partial charge is 0.306 e. The molecule has 0 bridgehead atoms. The number of anilines is 1. The van der Waals surface area contributed by atoms with Crippen LogP contribution in [0.3, 0.4) is 0 Å². The zero-order valence-electron chi connectivity index (χ0n) is 15.2. The van der Waals surface area contributed by atoms with Gasteiger partial charge in [-0.3, -0.25) is 14.5 Å². The Morgan fingerprint density at radius 1 is 1.20 bits per heavy atom. The van der Waals surface area contributed by atoms with Crippen molar-refractivity contribution in [2.75, 3.05) is 12.0 Å². The maximum absolute atomic E-state index is 12.9. The number of benzene rings is 1. The predicted octanol–water partition coefficient (Wildman–Crippen LogP) is 3.10. The second kappa shape index (κ2) is 8.12. The number of ether oxygens (including phenoxy) is 1. The SMILES string of the molecule is COC(=O)CCC(=O)N(C1=CC=CC(O)C1)c1c(C)cc(C)cc1C. The van der Waals surface area contributed by atoms with E-state index in [2.05, 4.69) is 4.74 Å². The van der Waals surface area contributed by atoms with Crippen molar-refractivity contribution in [3.8, 4) is 0 Å². The van der Waals surface area contributed by atoms with Gasteiger partial charge in [-0.15, -0.1) is 0 Å². The van der Waals surface area contributed by atoms with Crippen LogP contribution in [0, 0.1) is 20.8 Å². The van der Waals surface area contributed by atoms with Crippen LogP contribution in [0.5, 0.6) is 0 Å². The summed E-state index contributed by atoms with van der Waals surface area (Å²) in [6.07, 6.45) is 5.09. The molecule has 1 aromatic carbocycles. The number of hydrogen-bond donors (Lipinski definition) is 1. The summed E-state index contributed by atoms with van der Waals surface area (Å²) in [6.45, 7) is 5.94. The minimum Gasteiger partial charge on any atom is -0.469 e. The van der Waals surface area contributed by atoms with Crippen molar-refractivity contribution in [2.45, 2.75) is 46.1 Å². The van der Waals surface area contributed by atoms with Crippen LogP contribution in [0.1, 0.15) is 36.0 Å². The first kappa shape index (κ1) is 18.9. The van der Waals surface area contributed by atoms with Crippen molar-refractivity contribution in [3.05, 3.63) is 52.7 Å². The first-order chi connectivity index (χ1) is 11.8. The molecule has 1 N–H and O–H groups in total. The third-order valence-electron chi connectivity index (χ3n) is 4.21. The summed E-state index contributed by atoms with van der Waals surface area (Å²) in [5.74, 6) is -0.600. The van der Waals surface area contributed by atoms with Gasteiger partial charge in [0.1, 0.15) is 0 Å². The Balaban J connectivity index is 2.43. The molecule has 0 radical (unpaired) electrons. The molecule has 5 nitrogen and oxygen atoms in total. The molecule has 0 aromatic heterocycles. The Labute approximate surface area is 148 Å². The number of allylic oxidation sites excluding steroid dienone is 2. The number of nitrogens with zero attached hydrogens (tertiary/aromatic N) is 1. The highest BCUT2D eigenvalue weighted by atomic mass is 16.5. The number of esters is 1. The van der Waals surface area contributed by atoms with Crippen LogP contribution in [-0.2, 0) is 14.3 Å². The average Bonchev–Trinajstić information content (AvgIpc) is 2.55. The van der Waals surface area contributed by atoms with Crippen LogP contribution in [0.15, 0.2) is 36.1 Å². The largest absolute Gasteiger partial charge is 0.469 e. The average molecular weight is 343 g/mol. The van der Waals surface area contributed by atoms with E-state index in [4.69, 9.17) is 0 Å². The van der Waals surface area contributed by atoms with Gasteiger partial charge in [-0.1, -0.05) is 29.8 Å². The summed E-state index contributed by atoms with van der Waals surface area (Å²) in [5.41, 5.74) is 4.62. The van der Waals surface area contributed by atoms with E-state index >= 15 is 0 Å². The number of hydrogen-bond acceptors (Lipinski definition) is 4. The fraction of sp³-hybridized carbons (Fsp3) is 0.400. The van der Waals surface area contributed by atoms with Crippen LogP contribution in [0.25, 0.3) is 0 Å². The summed E-state index contributed by atoms with van der Waals surface area (Å²) in [6, 6.07) is 4.05. The quantitative estimate of drug-likeness (QED) is 0.834. The second-order valence-electron chi connectivity index (χ2n) is 6.37. The molecule has 1 aromatic rings. The molecular formula is C20H25NO4. The lowest BCUT2D eigenvalue weighted by Gasteiger charge is -2.31. The van der Waals surface area contributed by atoms with E-state index in [-0.39, 0.29) is 18.7 Å². The fourth-order valence-corrected chi connectivity index (χ4v) is 3.19. The van der Waals surface area contributed by atoms with Crippen molar-refractivity contribution in [3.63, 3.8) is 0 Å². The third-order valence-corrected chi connectivity index (χ3v) is 4.21. The lowest BCUT2D eigenvalue weighted by atomic mass is 10.00. The van der Waals surface area contributed by atoms with Crippen molar-refractivity contribution >= 4 is 17.6 Å². The summed E-state index contributed by atoms with van der Waals surface area (Å²) in [5, 5.41) is 9.96. The minimum absolute atomic E-state index is 0.0292. The summed E-state index contributed by atoms with van der Waals surface area (Å²) in [4.78, 5) is 26.0. The molecule has 1 atom stereocenters. The predicted molar refractivity (Wildman–Crippen MR) is 97.2 cm³/mol. The zero-order chi connectivity index (χ0) is 18.6. The number of aliphatic hydroxyl groups excluding tert-OH is 1. The van der Waals surface area contributed by atoms with Gasteiger partial charge in [0.25, 0.3) is 0 Å². The summed E-state index contributed by atoms with van der Waals surface area (Å²) in [7, 11) is 1.31. The summed E-state index contributed by atoms with van der Waals surface area (Å²) < 4.78 is 4.64. The molecule has 0 heterocycles. The molecule has 1 amide bonds. The van der Waals surface area contributed by atoms with Crippen LogP contribution in [-0.4, -0.2) is 30.2 Å². The van der Waals surface area contributed by atoms with Gasteiger partial charge in [-0.25, -0.2) is 0 Å². The molecule has 0 saturated carbocycles. The van der Waals surface area contributed by atoms with Crippen LogP contribution >= 0.6 is 0 Å². The Morgan fingerprint density at radius 3 is 2.40 bits per heavy atom. The van der Waals surface area contributed by atoms with Gasteiger partial charge in [0.05, 0.1) is 25.3 Å². The molecule has 0 saturated heterocycles. The molecule has 1 aliphatic carbocycles. The summed E-state index contributed by atoms with van der Waals surface area (Å²) >= 11 is 0. The number of carbonyl (C=O) groups is 2. The lowest BCUT2D eigenvalue weighted by Crippen LogP contribution is -2.34. The van der Waals surface area contributed by atoms with Crippen LogP contribution in [0.2, 0.25) is 0 Å². The van der Waals surface area contributed by atoms with E-state index in [0.717, 1.165) is 28.1 Å². The number of amides is 1. The van der Waals surface area contributed by atoms with Gasteiger partial charge in [0, 0.05) is 18.5 Å². The molecule has 134 valence electrons. The van der Waals surface area contributed by atoms with Gasteiger partial charge >= 0.3 is 5.97 Å². The van der Waals surface area contributed by atoms with Gasteiger partial charge in [-0.05, 0) is 38.0 Å². The van der Waals surface area contributed by atoms with E-state index in [1.807, 2.05) is 39.0 Å². The molecule has 5 heteroatoms.